The number of hydrogen-bond donors (Lipinski definition) is 3. The smallest absolute Gasteiger partial charge is 0.543 e. The molecule has 1 aromatic rings. The molecule has 2 amide bonds. The summed E-state index contributed by atoms with van der Waals surface area (Å²) in [5.74, 6) is -2.86. The predicted octanol–water partition coefficient (Wildman–Crippen LogP) is -4.39. The Kier molecular flexibility index (Phi) is 7.96. The van der Waals surface area contributed by atoms with Crippen molar-refractivity contribution >= 4 is 46.0 Å². The van der Waals surface area contributed by atoms with E-state index in [4.69, 9.17) is 5.11 Å². The fraction of sp³-hybridized carbons (Fsp3) is 0.579. The molecule has 0 aromatic carbocycles. The van der Waals surface area contributed by atoms with Gasteiger partial charge < -0.3 is 35.2 Å². The van der Waals surface area contributed by atoms with Gasteiger partial charge in [-0.1, -0.05) is 6.92 Å². The van der Waals surface area contributed by atoms with Crippen LogP contribution in [-0.4, -0.2) is 81.5 Å². The molecule has 0 radical (unpaired) electrons. The number of aromatic nitrogens is 1. The topological polar surface area (TPSA) is 146 Å². The van der Waals surface area contributed by atoms with Crippen LogP contribution in [0, 0.1) is 11.8 Å². The third-order valence-electron chi connectivity index (χ3n) is 5.84. The number of aliphatic hydroxyl groups is 2. The molecular weight excluding hydrogens is 467 g/mol. The fourth-order valence-electron chi connectivity index (χ4n) is 4.29. The molecule has 0 aliphatic carbocycles. The molecule has 2 saturated heterocycles. The number of thioether (sulfide) groups is 1. The number of amides is 2. The number of carbonyl (C=O) groups excluding carboxylic acids is 3. The van der Waals surface area contributed by atoms with Crippen molar-refractivity contribution in [3.05, 3.63) is 21.7 Å². The largest absolute Gasteiger partial charge is 1.00 e. The summed E-state index contributed by atoms with van der Waals surface area (Å²) in [6.07, 6.45) is -0.837. The van der Waals surface area contributed by atoms with Crippen molar-refractivity contribution in [1.29, 1.82) is 0 Å². The Labute approximate surface area is 215 Å². The number of carboxylic acid groups (broad SMARTS) is 1. The minimum atomic E-state index is -1.37. The zero-order valence-electron chi connectivity index (χ0n) is 18.0. The van der Waals surface area contributed by atoms with Crippen molar-refractivity contribution in [2.45, 2.75) is 31.2 Å². The molecule has 0 unspecified atom stereocenters. The van der Waals surface area contributed by atoms with Crippen LogP contribution in [0.2, 0.25) is 0 Å². The number of β-lactam (4-membered cyclic amide) rings is 1. The first-order chi connectivity index (χ1) is 14.7. The molecule has 2 fully saturated rings. The number of hydrogen-bond acceptors (Lipinski definition) is 10. The van der Waals surface area contributed by atoms with E-state index in [1.54, 1.807) is 12.3 Å². The van der Waals surface area contributed by atoms with E-state index < -0.39 is 18.0 Å². The number of carbonyl (C=O) groups is 3. The Bertz CT molecular complexity index is 948. The number of carboxylic acids is 1. The van der Waals surface area contributed by atoms with Gasteiger partial charge in [-0.25, -0.2) is 4.98 Å². The molecule has 3 aliphatic rings. The van der Waals surface area contributed by atoms with Crippen LogP contribution in [0.1, 0.15) is 24.3 Å². The quantitative estimate of drug-likeness (QED) is 0.243. The van der Waals surface area contributed by atoms with Crippen LogP contribution in [-0.2, 0) is 9.59 Å². The van der Waals surface area contributed by atoms with Crippen LogP contribution < -0.4 is 44.9 Å². The number of nitrogens with zero attached hydrogens (tertiary/aromatic N) is 3. The van der Waals surface area contributed by atoms with Crippen molar-refractivity contribution < 1.29 is 59.3 Å². The van der Waals surface area contributed by atoms with E-state index in [1.807, 2.05) is 11.8 Å². The number of anilines is 1. The maximum absolute atomic E-state index is 12.4. The van der Waals surface area contributed by atoms with Crippen LogP contribution in [0.4, 0.5) is 5.13 Å². The first kappa shape index (κ1) is 25.5. The number of thiazole rings is 1. The van der Waals surface area contributed by atoms with E-state index in [-0.39, 0.29) is 77.4 Å². The molecule has 4 rings (SSSR count). The Hall–Kier alpha value is -1.15. The Morgan fingerprint density at radius 3 is 2.72 bits per heavy atom. The second-order valence-corrected chi connectivity index (χ2v) is 10.1. The van der Waals surface area contributed by atoms with Crippen LogP contribution in [0.25, 0.3) is 0 Å². The number of aliphatic carboxylic acids is 1. The van der Waals surface area contributed by atoms with Crippen LogP contribution in [0.5, 0.6) is 0 Å². The Balaban J connectivity index is 0.00000289. The van der Waals surface area contributed by atoms with Gasteiger partial charge in [-0.15, -0.1) is 23.1 Å². The molecule has 4 atom stereocenters. The van der Waals surface area contributed by atoms with Gasteiger partial charge in [-0.05, 0) is 6.92 Å². The second-order valence-electron chi connectivity index (χ2n) is 7.89. The van der Waals surface area contributed by atoms with Gasteiger partial charge in [0, 0.05) is 41.1 Å². The van der Waals surface area contributed by atoms with E-state index in [1.165, 1.54) is 28.0 Å². The predicted molar refractivity (Wildman–Crippen MR) is 112 cm³/mol. The number of nitrogens with one attached hydrogen (secondary N) is 1. The molecule has 4 heterocycles. The Morgan fingerprint density at radius 2 is 2.12 bits per heavy atom. The van der Waals surface area contributed by atoms with Gasteiger partial charge in [0.1, 0.15) is 5.69 Å². The minimum Gasteiger partial charge on any atom is -0.543 e. The molecular formula is C19H23N4NaO6S2. The molecule has 32 heavy (non-hydrogen) atoms. The van der Waals surface area contributed by atoms with Crippen molar-refractivity contribution in [3.8, 4) is 0 Å². The van der Waals surface area contributed by atoms with Crippen LogP contribution in [0.3, 0.4) is 0 Å². The molecule has 3 aliphatic heterocycles. The standard InChI is InChI=1S/C19H24N4O6S2.Na/c1-8-13-12(9(2)25)17(27)23(13)14(18(28)29)15(8)31-10-5-22(6-10)19-21-11(7-30-19)16(26)20-3-4-24;/h7-10,12-13,24-25H,3-6H2,1-2H3,(H,20,26)(H,28,29);/q;+1/p-1/t8-,9-,12-,13-;/m1./s1. The van der Waals surface area contributed by atoms with E-state index >= 15 is 0 Å². The first-order valence-corrected chi connectivity index (χ1v) is 11.7. The van der Waals surface area contributed by atoms with E-state index in [0.29, 0.717) is 28.8 Å². The summed E-state index contributed by atoms with van der Waals surface area (Å²) < 4.78 is 0. The third kappa shape index (κ3) is 4.33. The second kappa shape index (κ2) is 10.00. The van der Waals surface area contributed by atoms with Crippen LogP contribution >= 0.6 is 23.1 Å². The zero-order valence-corrected chi connectivity index (χ0v) is 21.6. The fourth-order valence-corrected chi connectivity index (χ4v) is 6.63. The molecule has 0 bridgehead atoms. The van der Waals surface area contributed by atoms with Gasteiger partial charge in [0.15, 0.2) is 5.13 Å². The van der Waals surface area contributed by atoms with Gasteiger partial charge in [0.2, 0.25) is 5.91 Å². The maximum atomic E-state index is 12.4. The molecule has 10 nitrogen and oxygen atoms in total. The number of rotatable bonds is 8. The first-order valence-electron chi connectivity index (χ1n) is 9.97. The molecule has 13 heteroatoms. The molecule has 168 valence electrons. The zero-order chi connectivity index (χ0) is 22.4. The third-order valence-corrected chi connectivity index (χ3v) is 8.19. The molecule has 1 aromatic heterocycles. The van der Waals surface area contributed by atoms with Gasteiger partial charge in [0.25, 0.3) is 5.91 Å². The average Bonchev–Trinajstić information content (AvgIpc) is 3.24. The Morgan fingerprint density at radius 1 is 1.44 bits per heavy atom. The average molecular weight is 491 g/mol. The number of aliphatic hydroxyl groups excluding tert-OH is 2. The van der Waals surface area contributed by atoms with Gasteiger partial charge >= 0.3 is 29.6 Å². The van der Waals surface area contributed by atoms with Crippen molar-refractivity contribution in [1.82, 2.24) is 15.2 Å². The number of fused-ring (bicyclic) bond motifs is 1. The normalized spacial score (nSPS) is 25.6. The van der Waals surface area contributed by atoms with Gasteiger partial charge in [-0.2, -0.15) is 0 Å². The maximum Gasteiger partial charge on any atom is 1.00 e. The van der Waals surface area contributed by atoms with Crippen molar-refractivity contribution in [2.24, 2.45) is 11.8 Å². The van der Waals surface area contributed by atoms with Gasteiger partial charge in [0.05, 0.1) is 36.3 Å². The molecule has 0 spiro atoms. The SMILES string of the molecule is C[C@@H](O)[C@H]1C(=O)N2C(C(=O)[O-])=C(SC3CN(c4nc(C(=O)NCCO)cs4)C3)[C@H](C)[C@H]12.[Na+]. The minimum absolute atomic E-state index is 0. The molecule has 3 N–H and O–H groups in total. The van der Waals surface area contributed by atoms with Gasteiger partial charge in [-0.3, -0.25) is 9.59 Å². The monoisotopic (exact) mass is 490 g/mol. The molecule has 0 saturated carbocycles. The van der Waals surface area contributed by atoms with E-state index in [0.717, 1.165) is 0 Å². The summed E-state index contributed by atoms with van der Waals surface area (Å²) >= 11 is 2.78. The van der Waals surface area contributed by atoms with Crippen molar-refractivity contribution in [3.63, 3.8) is 0 Å². The van der Waals surface area contributed by atoms with Crippen LogP contribution in [0.15, 0.2) is 16.0 Å². The van der Waals surface area contributed by atoms with E-state index in [2.05, 4.69) is 10.3 Å². The summed E-state index contributed by atoms with van der Waals surface area (Å²) in [5, 5.41) is 35.5. The van der Waals surface area contributed by atoms with Crippen molar-refractivity contribution in [2.75, 3.05) is 31.1 Å². The summed E-state index contributed by atoms with van der Waals surface area (Å²) in [6.45, 7) is 4.71. The summed E-state index contributed by atoms with van der Waals surface area (Å²) in [6, 6.07) is -0.349. The van der Waals surface area contributed by atoms with E-state index in [9.17, 15) is 24.6 Å². The summed E-state index contributed by atoms with van der Waals surface area (Å²) in [5.41, 5.74) is 0.225. The summed E-state index contributed by atoms with van der Waals surface area (Å²) in [7, 11) is 0. The summed E-state index contributed by atoms with van der Waals surface area (Å²) in [4.78, 5) is 44.3.